The summed E-state index contributed by atoms with van der Waals surface area (Å²) in [7, 11) is 0. The predicted molar refractivity (Wildman–Crippen MR) is 36.6 cm³/mol. The Morgan fingerprint density at radius 3 is 2.89 bits per heavy atom. The van der Waals surface area contributed by atoms with E-state index >= 15 is 0 Å². The topological polar surface area (TPSA) is 38.9 Å². The third-order valence-corrected chi connectivity index (χ3v) is 0.976. The number of terminal acetylenes is 1. The van der Waals surface area contributed by atoms with Crippen molar-refractivity contribution in [2.75, 3.05) is 5.73 Å². The zero-order chi connectivity index (χ0) is 6.69. The summed E-state index contributed by atoms with van der Waals surface area (Å²) in [4.78, 5) is 3.84. The van der Waals surface area contributed by atoms with Crippen LogP contribution in [-0.4, -0.2) is 4.98 Å². The van der Waals surface area contributed by atoms with Crippen molar-refractivity contribution >= 4 is 5.69 Å². The molecule has 0 atom stereocenters. The second-order valence-corrected chi connectivity index (χ2v) is 1.59. The molecule has 2 nitrogen and oxygen atoms in total. The number of nitrogen functional groups attached to an aromatic ring is 1. The van der Waals surface area contributed by atoms with Crippen molar-refractivity contribution in [3.63, 3.8) is 0 Å². The lowest BCUT2D eigenvalue weighted by molar-refractivity contribution is 1.29. The molecule has 0 radical (unpaired) electrons. The Kier molecular flexibility index (Phi) is 1.37. The minimum Gasteiger partial charge on any atom is -0.396 e. The van der Waals surface area contributed by atoms with Crippen LogP contribution in [0.3, 0.4) is 0 Å². The second kappa shape index (κ2) is 2.19. The summed E-state index contributed by atoms with van der Waals surface area (Å²) in [5.41, 5.74) is 6.49. The standard InChI is InChI=1S/C7H6N2/c1-2-7-6(8)4-3-5-9-7/h1,3-5H,8H2. The number of aromatic nitrogens is 1. The molecule has 0 fully saturated rings. The Bertz CT molecular complexity index is 247. The van der Waals surface area contributed by atoms with E-state index in [-0.39, 0.29) is 0 Å². The highest BCUT2D eigenvalue weighted by molar-refractivity contribution is 5.49. The average molecular weight is 118 g/mol. The molecule has 1 heterocycles. The molecule has 0 aromatic carbocycles. The molecule has 0 amide bonds. The minimum absolute atomic E-state index is 0.512. The van der Waals surface area contributed by atoms with Crippen LogP contribution < -0.4 is 5.73 Å². The fraction of sp³-hybridized carbons (Fsp3) is 0. The maximum Gasteiger partial charge on any atom is 0.135 e. The second-order valence-electron chi connectivity index (χ2n) is 1.59. The van der Waals surface area contributed by atoms with Crippen LogP contribution in [0.25, 0.3) is 0 Å². The molecule has 0 aliphatic heterocycles. The van der Waals surface area contributed by atoms with Gasteiger partial charge in [-0.15, -0.1) is 6.42 Å². The minimum atomic E-state index is 0.512. The van der Waals surface area contributed by atoms with Gasteiger partial charge >= 0.3 is 0 Å². The van der Waals surface area contributed by atoms with Crippen molar-refractivity contribution in [3.05, 3.63) is 24.0 Å². The summed E-state index contributed by atoms with van der Waals surface area (Å²) in [6.45, 7) is 0. The first-order chi connectivity index (χ1) is 4.34. The molecule has 0 saturated heterocycles. The van der Waals surface area contributed by atoms with Crippen molar-refractivity contribution in [1.82, 2.24) is 4.98 Å². The molecule has 2 N–H and O–H groups in total. The lowest BCUT2D eigenvalue weighted by Gasteiger charge is -1.92. The molecule has 0 bridgehead atoms. The van der Waals surface area contributed by atoms with Gasteiger partial charge in [-0.05, 0) is 18.1 Å². The first-order valence-corrected chi connectivity index (χ1v) is 2.51. The van der Waals surface area contributed by atoms with E-state index in [4.69, 9.17) is 12.2 Å². The zero-order valence-electron chi connectivity index (χ0n) is 4.83. The van der Waals surface area contributed by atoms with Gasteiger partial charge in [0.1, 0.15) is 5.69 Å². The summed E-state index contributed by atoms with van der Waals surface area (Å²) in [5.74, 6) is 2.36. The third-order valence-electron chi connectivity index (χ3n) is 0.976. The van der Waals surface area contributed by atoms with Crippen LogP contribution in [-0.2, 0) is 0 Å². The van der Waals surface area contributed by atoms with E-state index in [1.165, 1.54) is 0 Å². The number of hydrogen-bond acceptors (Lipinski definition) is 2. The SMILES string of the molecule is C#Cc1ncccc1N. The van der Waals surface area contributed by atoms with Crippen LogP contribution >= 0.6 is 0 Å². The average Bonchev–Trinajstić information content (AvgIpc) is 1.89. The number of nitrogens with two attached hydrogens (primary N) is 1. The van der Waals surface area contributed by atoms with Gasteiger partial charge in [0.05, 0.1) is 5.69 Å². The predicted octanol–water partition coefficient (Wildman–Crippen LogP) is 0.645. The molecule has 0 saturated carbocycles. The Labute approximate surface area is 53.7 Å². The lowest BCUT2D eigenvalue weighted by Crippen LogP contribution is -1.91. The lowest BCUT2D eigenvalue weighted by atomic mass is 10.3. The normalized spacial score (nSPS) is 8.33. The van der Waals surface area contributed by atoms with Gasteiger partial charge in [0.25, 0.3) is 0 Å². The zero-order valence-corrected chi connectivity index (χ0v) is 4.83. The van der Waals surface area contributed by atoms with Crippen LogP contribution in [0.5, 0.6) is 0 Å². The Balaban J connectivity index is 3.20. The Hall–Kier alpha value is -1.49. The fourth-order valence-corrected chi connectivity index (χ4v) is 0.538. The number of anilines is 1. The van der Waals surface area contributed by atoms with Gasteiger partial charge in [-0.25, -0.2) is 4.98 Å². The molecular formula is C7H6N2. The van der Waals surface area contributed by atoms with Crippen molar-refractivity contribution in [2.45, 2.75) is 0 Å². The molecule has 2 heteroatoms. The highest BCUT2D eigenvalue weighted by Crippen LogP contribution is 2.03. The van der Waals surface area contributed by atoms with Gasteiger partial charge in [0.15, 0.2) is 0 Å². The van der Waals surface area contributed by atoms with Crippen LogP contribution in [0.1, 0.15) is 5.69 Å². The van der Waals surface area contributed by atoms with Crippen LogP contribution in [0.15, 0.2) is 18.3 Å². The molecule has 0 spiro atoms. The summed E-state index contributed by atoms with van der Waals surface area (Å²) in [5, 5.41) is 0. The molecule has 1 rings (SSSR count). The molecule has 9 heavy (non-hydrogen) atoms. The molecule has 0 aliphatic rings. The van der Waals surface area contributed by atoms with Crippen LogP contribution in [0.2, 0.25) is 0 Å². The van der Waals surface area contributed by atoms with E-state index in [1.54, 1.807) is 18.3 Å². The quantitative estimate of drug-likeness (QED) is 0.508. The smallest absolute Gasteiger partial charge is 0.135 e. The first-order valence-electron chi connectivity index (χ1n) is 2.51. The summed E-state index contributed by atoms with van der Waals surface area (Å²) < 4.78 is 0. The largest absolute Gasteiger partial charge is 0.396 e. The van der Waals surface area contributed by atoms with E-state index < -0.39 is 0 Å². The highest BCUT2D eigenvalue weighted by atomic mass is 14.7. The van der Waals surface area contributed by atoms with E-state index in [1.807, 2.05) is 0 Å². The number of nitrogens with zero attached hydrogens (tertiary/aromatic N) is 1. The molecule has 1 aromatic heterocycles. The third kappa shape index (κ3) is 1.000. The number of pyridine rings is 1. The Morgan fingerprint density at radius 1 is 1.67 bits per heavy atom. The van der Waals surface area contributed by atoms with Gasteiger partial charge in [0, 0.05) is 6.20 Å². The monoisotopic (exact) mass is 118 g/mol. The van der Waals surface area contributed by atoms with Gasteiger partial charge in [-0.3, -0.25) is 0 Å². The number of hydrogen-bond donors (Lipinski definition) is 1. The summed E-state index contributed by atoms with van der Waals surface area (Å²) in [6, 6.07) is 3.47. The van der Waals surface area contributed by atoms with E-state index in [0.29, 0.717) is 11.4 Å². The van der Waals surface area contributed by atoms with Crippen molar-refractivity contribution in [1.29, 1.82) is 0 Å². The van der Waals surface area contributed by atoms with Gasteiger partial charge in [-0.1, -0.05) is 0 Å². The summed E-state index contributed by atoms with van der Waals surface area (Å²) >= 11 is 0. The van der Waals surface area contributed by atoms with E-state index in [9.17, 15) is 0 Å². The fourth-order valence-electron chi connectivity index (χ4n) is 0.538. The first kappa shape index (κ1) is 5.64. The molecule has 44 valence electrons. The Morgan fingerprint density at radius 2 is 2.44 bits per heavy atom. The molecule has 1 aromatic rings. The van der Waals surface area contributed by atoms with Crippen LogP contribution in [0, 0.1) is 12.3 Å². The van der Waals surface area contributed by atoms with Gasteiger partial charge < -0.3 is 5.73 Å². The van der Waals surface area contributed by atoms with Crippen molar-refractivity contribution < 1.29 is 0 Å². The highest BCUT2D eigenvalue weighted by Gasteiger charge is 1.90. The molecule has 0 unspecified atom stereocenters. The van der Waals surface area contributed by atoms with Gasteiger partial charge in [0.2, 0.25) is 0 Å². The maximum absolute atomic E-state index is 5.43. The number of rotatable bonds is 0. The molecule has 0 aliphatic carbocycles. The van der Waals surface area contributed by atoms with Crippen molar-refractivity contribution in [2.24, 2.45) is 0 Å². The van der Waals surface area contributed by atoms with Crippen LogP contribution in [0.4, 0.5) is 5.69 Å². The molecular weight excluding hydrogens is 112 g/mol. The van der Waals surface area contributed by atoms with E-state index in [0.717, 1.165) is 0 Å². The summed E-state index contributed by atoms with van der Waals surface area (Å²) in [6.07, 6.45) is 6.67. The maximum atomic E-state index is 5.43. The van der Waals surface area contributed by atoms with E-state index in [2.05, 4.69) is 10.9 Å². The van der Waals surface area contributed by atoms with Gasteiger partial charge in [-0.2, -0.15) is 0 Å². The van der Waals surface area contributed by atoms with Crippen molar-refractivity contribution in [3.8, 4) is 12.3 Å².